The predicted octanol–water partition coefficient (Wildman–Crippen LogP) is 4.84. The quantitative estimate of drug-likeness (QED) is 0.366. The van der Waals surface area contributed by atoms with E-state index in [9.17, 15) is 9.59 Å². The van der Waals surface area contributed by atoms with Crippen molar-refractivity contribution in [2.45, 2.75) is 17.3 Å². The summed E-state index contributed by atoms with van der Waals surface area (Å²) >= 11 is 4.34. The van der Waals surface area contributed by atoms with Gasteiger partial charge in [0.2, 0.25) is 5.91 Å². The molecule has 0 aliphatic heterocycles. The van der Waals surface area contributed by atoms with Gasteiger partial charge >= 0.3 is 0 Å². The van der Waals surface area contributed by atoms with Crippen LogP contribution in [0.5, 0.6) is 0 Å². The smallest absolute Gasteiger partial charge is 0.263 e. The summed E-state index contributed by atoms with van der Waals surface area (Å²) < 4.78 is 1.53. The Balaban J connectivity index is 1.62. The molecule has 0 aliphatic rings. The van der Waals surface area contributed by atoms with E-state index in [2.05, 4.69) is 10.3 Å². The lowest BCUT2D eigenvalue weighted by molar-refractivity contribution is -0.115. The normalized spacial score (nSPS) is 12.2. The summed E-state index contributed by atoms with van der Waals surface area (Å²) in [6.07, 6.45) is 0. The van der Waals surface area contributed by atoms with Crippen LogP contribution in [0.2, 0.25) is 0 Å². The van der Waals surface area contributed by atoms with Crippen LogP contribution in [-0.4, -0.2) is 20.7 Å². The van der Waals surface area contributed by atoms with Crippen LogP contribution in [0.4, 0.5) is 5.69 Å². The van der Waals surface area contributed by atoms with Crippen molar-refractivity contribution in [3.05, 3.63) is 63.6 Å². The van der Waals surface area contributed by atoms with Gasteiger partial charge in [-0.1, -0.05) is 36.0 Å². The largest absolute Gasteiger partial charge is 0.325 e. The molecule has 1 N–H and O–H groups in total. The van der Waals surface area contributed by atoms with Crippen LogP contribution in [0.1, 0.15) is 6.92 Å². The molecule has 0 fully saturated rings. The van der Waals surface area contributed by atoms with Gasteiger partial charge in [-0.15, -0.1) is 22.7 Å². The Kier molecular flexibility index (Phi) is 5.34. The number of benzene rings is 1. The zero-order chi connectivity index (χ0) is 19.7. The Morgan fingerprint density at radius 2 is 1.96 bits per heavy atom. The maximum absolute atomic E-state index is 13.0. The molecule has 3 heterocycles. The van der Waals surface area contributed by atoms with E-state index in [-0.39, 0.29) is 11.5 Å². The Labute approximate surface area is 174 Å². The van der Waals surface area contributed by atoms with E-state index in [1.807, 2.05) is 60.1 Å². The number of fused-ring (bicyclic) bond motifs is 1. The average Bonchev–Trinajstić information content (AvgIpc) is 3.36. The summed E-state index contributed by atoms with van der Waals surface area (Å²) in [6.45, 7) is 1.81. The van der Waals surface area contributed by atoms with Crippen LogP contribution in [0.3, 0.4) is 0 Å². The Bertz CT molecular complexity index is 1180. The zero-order valence-corrected chi connectivity index (χ0v) is 17.7. The lowest BCUT2D eigenvalue weighted by Crippen LogP contribution is -2.25. The summed E-state index contributed by atoms with van der Waals surface area (Å²) in [4.78, 5) is 31.9. The molecule has 5 nitrogen and oxygen atoms in total. The van der Waals surface area contributed by atoms with Crippen molar-refractivity contribution in [3.8, 4) is 10.4 Å². The molecule has 28 heavy (non-hydrogen) atoms. The van der Waals surface area contributed by atoms with E-state index in [0.29, 0.717) is 15.4 Å². The molecular weight excluding hydrogens is 410 g/mol. The third kappa shape index (κ3) is 3.63. The first-order valence-electron chi connectivity index (χ1n) is 8.59. The Morgan fingerprint density at radius 3 is 2.68 bits per heavy atom. The zero-order valence-electron chi connectivity index (χ0n) is 15.2. The average molecular weight is 428 g/mol. The number of thioether (sulfide) groups is 1. The summed E-state index contributed by atoms with van der Waals surface area (Å²) in [5.74, 6) is -0.129. The lowest BCUT2D eigenvalue weighted by atomic mass is 10.2. The van der Waals surface area contributed by atoms with Crippen LogP contribution in [-0.2, 0) is 11.8 Å². The number of nitrogens with one attached hydrogen (secondary N) is 1. The fraction of sp³-hybridized carbons (Fsp3) is 0.150. The third-order valence-corrected chi connectivity index (χ3v) is 7.17. The monoisotopic (exact) mass is 427 g/mol. The molecule has 0 aliphatic carbocycles. The van der Waals surface area contributed by atoms with Crippen LogP contribution in [0.25, 0.3) is 20.7 Å². The molecule has 1 aromatic carbocycles. The molecule has 0 bridgehead atoms. The number of para-hydroxylation sites is 1. The number of carbonyl (C=O) groups is 1. The first-order valence-corrected chi connectivity index (χ1v) is 11.2. The molecule has 3 aromatic heterocycles. The Morgan fingerprint density at radius 1 is 1.18 bits per heavy atom. The van der Waals surface area contributed by atoms with Crippen LogP contribution in [0, 0.1) is 0 Å². The number of carbonyl (C=O) groups excluding carboxylic acids is 1. The second kappa shape index (κ2) is 7.90. The van der Waals surface area contributed by atoms with E-state index in [4.69, 9.17) is 0 Å². The van der Waals surface area contributed by atoms with Crippen LogP contribution in [0.15, 0.2) is 63.2 Å². The molecule has 0 spiro atoms. The van der Waals surface area contributed by atoms with E-state index in [1.165, 1.54) is 27.7 Å². The summed E-state index contributed by atoms with van der Waals surface area (Å²) in [6, 6.07) is 13.3. The maximum Gasteiger partial charge on any atom is 0.263 e. The van der Waals surface area contributed by atoms with Gasteiger partial charge in [0.1, 0.15) is 4.83 Å². The highest BCUT2D eigenvalue weighted by Crippen LogP contribution is 2.34. The number of nitrogens with zero attached hydrogens (tertiary/aromatic N) is 2. The lowest BCUT2D eigenvalue weighted by Gasteiger charge is -2.13. The molecule has 0 saturated heterocycles. The first-order chi connectivity index (χ1) is 13.5. The van der Waals surface area contributed by atoms with Gasteiger partial charge in [-0.25, -0.2) is 4.98 Å². The second-order valence-electron chi connectivity index (χ2n) is 6.18. The Hall–Kier alpha value is -2.42. The molecule has 142 valence electrons. The molecule has 8 heteroatoms. The summed E-state index contributed by atoms with van der Waals surface area (Å²) in [7, 11) is 1.70. The number of anilines is 1. The molecule has 0 saturated carbocycles. The van der Waals surface area contributed by atoms with Crippen molar-refractivity contribution in [1.82, 2.24) is 9.55 Å². The highest BCUT2D eigenvalue weighted by Gasteiger charge is 2.20. The standard InChI is InChI=1S/C20H17N3O2S3/c1-12(17(24)21-13-7-4-3-5-8-13)28-20-22-18-16(19(25)23(20)2)14(11-27-18)15-9-6-10-26-15/h3-12H,1-2H3,(H,21,24). The third-order valence-electron chi connectivity index (χ3n) is 4.25. The second-order valence-corrected chi connectivity index (χ2v) is 9.29. The van der Waals surface area contributed by atoms with Gasteiger partial charge in [0.25, 0.3) is 5.56 Å². The molecule has 1 unspecified atom stereocenters. The molecule has 4 rings (SSSR count). The number of hydrogen-bond donors (Lipinski definition) is 1. The maximum atomic E-state index is 13.0. The fourth-order valence-electron chi connectivity index (χ4n) is 2.75. The van der Waals surface area contributed by atoms with E-state index < -0.39 is 5.25 Å². The predicted molar refractivity (Wildman–Crippen MR) is 119 cm³/mol. The molecule has 0 radical (unpaired) electrons. The van der Waals surface area contributed by atoms with Crippen LogP contribution < -0.4 is 10.9 Å². The van der Waals surface area contributed by atoms with Gasteiger partial charge in [0.15, 0.2) is 5.16 Å². The van der Waals surface area contributed by atoms with Crippen molar-refractivity contribution < 1.29 is 4.79 Å². The fourth-order valence-corrected chi connectivity index (χ4v) is 5.43. The van der Waals surface area contributed by atoms with Gasteiger partial charge in [0.05, 0.1) is 10.6 Å². The summed E-state index contributed by atoms with van der Waals surface area (Å²) in [5.41, 5.74) is 1.58. The molecule has 4 aromatic rings. The minimum Gasteiger partial charge on any atom is -0.325 e. The SMILES string of the molecule is CC(Sc1nc2scc(-c3cccs3)c2c(=O)n1C)C(=O)Nc1ccccc1. The molecule has 1 atom stereocenters. The van der Waals surface area contributed by atoms with Crippen LogP contribution >= 0.6 is 34.4 Å². The molecule has 1 amide bonds. The van der Waals surface area contributed by atoms with Crippen molar-refractivity contribution in [2.24, 2.45) is 7.05 Å². The van der Waals surface area contributed by atoms with E-state index in [0.717, 1.165) is 16.1 Å². The highest BCUT2D eigenvalue weighted by atomic mass is 32.2. The molecular formula is C20H17N3O2S3. The van der Waals surface area contributed by atoms with E-state index in [1.54, 1.807) is 18.4 Å². The van der Waals surface area contributed by atoms with Crippen molar-refractivity contribution in [1.29, 1.82) is 0 Å². The van der Waals surface area contributed by atoms with Crippen molar-refractivity contribution >= 4 is 56.2 Å². The van der Waals surface area contributed by atoms with Gasteiger partial charge in [0, 0.05) is 28.6 Å². The highest BCUT2D eigenvalue weighted by molar-refractivity contribution is 8.00. The van der Waals surface area contributed by atoms with Gasteiger partial charge < -0.3 is 5.32 Å². The number of thiophene rings is 2. The van der Waals surface area contributed by atoms with Crippen molar-refractivity contribution in [2.75, 3.05) is 5.32 Å². The topological polar surface area (TPSA) is 64.0 Å². The van der Waals surface area contributed by atoms with E-state index >= 15 is 0 Å². The van der Waals surface area contributed by atoms with Gasteiger partial charge in [-0.2, -0.15) is 0 Å². The summed E-state index contributed by atoms with van der Waals surface area (Å²) in [5, 5.41) is 7.63. The number of amides is 1. The number of rotatable bonds is 5. The minimum absolute atomic E-state index is 0.0900. The minimum atomic E-state index is -0.396. The van der Waals surface area contributed by atoms with Crippen molar-refractivity contribution in [3.63, 3.8) is 0 Å². The number of hydrogen-bond acceptors (Lipinski definition) is 6. The van der Waals surface area contributed by atoms with Gasteiger partial charge in [-0.05, 0) is 30.5 Å². The number of aromatic nitrogens is 2. The first kappa shape index (κ1) is 18.9. The van der Waals surface area contributed by atoms with Gasteiger partial charge in [-0.3, -0.25) is 14.2 Å².